The van der Waals surface area contributed by atoms with E-state index in [2.05, 4.69) is 4.90 Å². The lowest BCUT2D eigenvalue weighted by Crippen LogP contribution is -2.38. The van der Waals surface area contributed by atoms with Gasteiger partial charge in [0.15, 0.2) is 0 Å². The minimum absolute atomic E-state index is 0.148. The normalized spacial score (nSPS) is 12.6. The maximum absolute atomic E-state index is 13.0. The second-order valence-electron chi connectivity index (χ2n) is 3.47. The fourth-order valence-corrected chi connectivity index (χ4v) is 1.71. The molecule has 0 aliphatic rings. The number of likely N-dealkylation sites (N-methyl/N-ethyl adjacent to an activating group) is 1. The molecule has 0 fully saturated rings. The smallest absolute Gasteiger partial charge is 0.141 e. The Labute approximate surface area is 94.8 Å². The van der Waals surface area contributed by atoms with Crippen LogP contribution in [0.1, 0.15) is 13.8 Å². The van der Waals surface area contributed by atoms with Crippen molar-refractivity contribution in [3.8, 4) is 0 Å². The van der Waals surface area contributed by atoms with E-state index in [-0.39, 0.29) is 11.1 Å². The van der Waals surface area contributed by atoms with E-state index in [0.29, 0.717) is 6.54 Å². The molecule has 1 atom stereocenters. The SMILES string of the molecule is CCN(c1ccc(F)c(Cl)c1)C(C)CN. The molecule has 1 aromatic rings. The maximum atomic E-state index is 13.0. The van der Waals surface area contributed by atoms with Gasteiger partial charge in [-0.05, 0) is 32.0 Å². The largest absolute Gasteiger partial charge is 0.368 e. The molecule has 0 aliphatic carbocycles. The Kier molecular flexibility index (Phi) is 4.36. The van der Waals surface area contributed by atoms with Gasteiger partial charge < -0.3 is 10.6 Å². The molecule has 0 spiro atoms. The van der Waals surface area contributed by atoms with Crippen molar-refractivity contribution in [1.29, 1.82) is 0 Å². The molecule has 4 heteroatoms. The minimum atomic E-state index is -0.392. The van der Waals surface area contributed by atoms with Crippen LogP contribution in [0, 0.1) is 5.82 Å². The summed E-state index contributed by atoms with van der Waals surface area (Å²) in [5.74, 6) is -0.392. The number of anilines is 1. The molecule has 0 saturated carbocycles. The average Bonchev–Trinajstić information content (AvgIpc) is 2.24. The zero-order chi connectivity index (χ0) is 11.4. The van der Waals surface area contributed by atoms with E-state index in [1.165, 1.54) is 6.07 Å². The molecule has 0 heterocycles. The number of benzene rings is 1. The fraction of sp³-hybridized carbons (Fsp3) is 0.455. The summed E-state index contributed by atoms with van der Waals surface area (Å²) >= 11 is 5.73. The predicted octanol–water partition coefficient (Wildman–Crippen LogP) is 2.65. The standard InChI is InChI=1S/C11H16ClFN2/c1-3-15(8(2)7-14)9-4-5-11(13)10(12)6-9/h4-6,8H,3,7,14H2,1-2H3. The first kappa shape index (κ1) is 12.3. The van der Waals surface area contributed by atoms with Crippen molar-refractivity contribution in [2.45, 2.75) is 19.9 Å². The van der Waals surface area contributed by atoms with Crippen LogP contribution in [0.15, 0.2) is 18.2 Å². The summed E-state index contributed by atoms with van der Waals surface area (Å²) in [5, 5.41) is 0.148. The minimum Gasteiger partial charge on any atom is -0.368 e. The third kappa shape index (κ3) is 2.83. The Morgan fingerprint density at radius 3 is 2.67 bits per heavy atom. The fourth-order valence-electron chi connectivity index (χ4n) is 1.54. The Bertz CT molecular complexity index is 330. The van der Waals surface area contributed by atoms with Crippen molar-refractivity contribution in [2.24, 2.45) is 5.73 Å². The molecule has 0 amide bonds. The van der Waals surface area contributed by atoms with E-state index in [4.69, 9.17) is 17.3 Å². The summed E-state index contributed by atoms with van der Waals surface area (Å²) in [6.45, 7) is 5.44. The highest BCUT2D eigenvalue weighted by Crippen LogP contribution is 2.23. The monoisotopic (exact) mass is 230 g/mol. The number of halogens is 2. The van der Waals surface area contributed by atoms with Crippen LogP contribution >= 0.6 is 11.6 Å². The highest BCUT2D eigenvalue weighted by molar-refractivity contribution is 6.31. The van der Waals surface area contributed by atoms with Crippen molar-refractivity contribution in [2.75, 3.05) is 18.0 Å². The van der Waals surface area contributed by atoms with Gasteiger partial charge in [-0.1, -0.05) is 11.6 Å². The lowest BCUT2D eigenvalue weighted by Gasteiger charge is -2.29. The second-order valence-corrected chi connectivity index (χ2v) is 3.88. The average molecular weight is 231 g/mol. The summed E-state index contributed by atoms with van der Waals surface area (Å²) in [7, 11) is 0. The van der Waals surface area contributed by atoms with Gasteiger partial charge in [-0.15, -0.1) is 0 Å². The van der Waals surface area contributed by atoms with Gasteiger partial charge in [0, 0.05) is 24.8 Å². The third-order valence-corrected chi connectivity index (χ3v) is 2.74. The first-order valence-corrected chi connectivity index (χ1v) is 5.39. The van der Waals surface area contributed by atoms with Gasteiger partial charge in [0.2, 0.25) is 0 Å². The van der Waals surface area contributed by atoms with Crippen molar-refractivity contribution in [3.05, 3.63) is 29.0 Å². The van der Waals surface area contributed by atoms with Crippen LogP contribution < -0.4 is 10.6 Å². The first-order chi connectivity index (χ1) is 7.10. The maximum Gasteiger partial charge on any atom is 0.141 e. The summed E-state index contributed by atoms with van der Waals surface area (Å²) in [5.41, 5.74) is 6.51. The van der Waals surface area contributed by atoms with Crippen molar-refractivity contribution in [1.82, 2.24) is 0 Å². The van der Waals surface area contributed by atoms with Gasteiger partial charge in [-0.2, -0.15) is 0 Å². The molecule has 1 unspecified atom stereocenters. The van der Waals surface area contributed by atoms with Gasteiger partial charge in [0.05, 0.1) is 5.02 Å². The topological polar surface area (TPSA) is 29.3 Å². The molecular formula is C11H16ClFN2. The Morgan fingerprint density at radius 1 is 1.53 bits per heavy atom. The summed E-state index contributed by atoms with van der Waals surface area (Å²) in [6.07, 6.45) is 0. The molecule has 0 bridgehead atoms. The second kappa shape index (κ2) is 5.33. The van der Waals surface area contributed by atoms with Crippen LogP contribution in [-0.4, -0.2) is 19.1 Å². The molecule has 1 aromatic carbocycles. The lowest BCUT2D eigenvalue weighted by atomic mass is 10.2. The number of nitrogens with two attached hydrogens (primary N) is 1. The number of hydrogen-bond acceptors (Lipinski definition) is 2. The molecule has 84 valence electrons. The van der Waals surface area contributed by atoms with Crippen LogP contribution in [-0.2, 0) is 0 Å². The molecule has 2 nitrogen and oxygen atoms in total. The van der Waals surface area contributed by atoms with E-state index in [1.807, 2.05) is 13.8 Å². The molecule has 0 radical (unpaired) electrons. The van der Waals surface area contributed by atoms with Crippen molar-refractivity contribution < 1.29 is 4.39 Å². The Morgan fingerprint density at radius 2 is 2.20 bits per heavy atom. The lowest BCUT2D eigenvalue weighted by molar-refractivity contribution is 0.625. The molecular weight excluding hydrogens is 215 g/mol. The van der Waals surface area contributed by atoms with Crippen LogP contribution in [0.5, 0.6) is 0 Å². The van der Waals surface area contributed by atoms with Crippen LogP contribution in [0.4, 0.5) is 10.1 Å². The molecule has 0 aromatic heterocycles. The van der Waals surface area contributed by atoms with Gasteiger partial charge >= 0.3 is 0 Å². The van der Waals surface area contributed by atoms with Crippen LogP contribution in [0.25, 0.3) is 0 Å². The van der Waals surface area contributed by atoms with Crippen LogP contribution in [0.2, 0.25) is 5.02 Å². The summed E-state index contributed by atoms with van der Waals surface area (Å²) in [6, 6.07) is 4.95. The van der Waals surface area contributed by atoms with Crippen molar-refractivity contribution >= 4 is 17.3 Å². The van der Waals surface area contributed by atoms with Gasteiger partial charge in [-0.3, -0.25) is 0 Å². The number of hydrogen-bond donors (Lipinski definition) is 1. The van der Waals surface area contributed by atoms with Crippen LogP contribution in [0.3, 0.4) is 0 Å². The number of nitrogens with zero attached hydrogens (tertiary/aromatic N) is 1. The van der Waals surface area contributed by atoms with Gasteiger partial charge in [-0.25, -0.2) is 4.39 Å². The zero-order valence-electron chi connectivity index (χ0n) is 9.00. The Hall–Kier alpha value is -0.800. The molecule has 1 rings (SSSR count). The first-order valence-electron chi connectivity index (χ1n) is 5.01. The Balaban J connectivity index is 2.97. The highest BCUT2D eigenvalue weighted by Gasteiger charge is 2.12. The quantitative estimate of drug-likeness (QED) is 0.862. The van der Waals surface area contributed by atoms with E-state index in [1.54, 1.807) is 12.1 Å². The zero-order valence-corrected chi connectivity index (χ0v) is 9.76. The molecule has 0 saturated heterocycles. The number of rotatable bonds is 4. The summed E-state index contributed by atoms with van der Waals surface area (Å²) in [4.78, 5) is 2.09. The van der Waals surface area contributed by atoms with E-state index >= 15 is 0 Å². The molecule has 2 N–H and O–H groups in total. The summed E-state index contributed by atoms with van der Waals surface area (Å²) < 4.78 is 13.0. The third-order valence-electron chi connectivity index (χ3n) is 2.45. The molecule has 0 aliphatic heterocycles. The van der Waals surface area contributed by atoms with Gasteiger partial charge in [0.1, 0.15) is 5.82 Å². The molecule has 15 heavy (non-hydrogen) atoms. The van der Waals surface area contributed by atoms with Gasteiger partial charge in [0.25, 0.3) is 0 Å². The highest BCUT2D eigenvalue weighted by atomic mass is 35.5. The van der Waals surface area contributed by atoms with E-state index in [0.717, 1.165) is 12.2 Å². The van der Waals surface area contributed by atoms with Crippen molar-refractivity contribution in [3.63, 3.8) is 0 Å². The van der Waals surface area contributed by atoms with E-state index in [9.17, 15) is 4.39 Å². The predicted molar refractivity (Wildman–Crippen MR) is 62.9 cm³/mol. The van der Waals surface area contributed by atoms with E-state index < -0.39 is 5.82 Å².